The van der Waals surface area contributed by atoms with Gasteiger partial charge in [0, 0.05) is 24.7 Å². The first kappa shape index (κ1) is 19.7. The molecule has 0 saturated carbocycles. The third-order valence-corrected chi connectivity index (χ3v) is 5.15. The second-order valence-electron chi connectivity index (χ2n) is 7.43. The zero-order chi connectivity index (χ0) is 20.9. The Labute approximate surface area is 175 Å². The van der Waals surface area contributed by atoms with Gasteiger partial charge in [-0.1, -0.05) is 54.6 Å². The van der Waals surface area contributed by atoms with Gasteiger partial charge in [-0.3, -0.25) is 4.79 Å². The second kappa shape index (κ2) is 8.82. The van der Waals surface area contributed by atoms with E-state index in [9.17, 15) is 9.59 Å². The lowest BCUT2D eigenvalue weighted by Gasteiger charge is -2.26. The van der Waals surface area contributed by atoms with Crippen molar-refractivity contribution in [3.63, 3.8) is 0 Å². The lowest BCUT2D eigenvalue weighted by Crippen LogP contribution is -2.49. The fourth-order valence-corrected chi connectivity index (χ4v) is 3.57. The number of benzene rings is 2. The maximum absolute atomic E-state index is 12.7. The lowest BCUT2D eigenvalue weighted by molar-refractivity contribution is -0.116. The van der Waals surface area contributed by atoms with Crippen molar-refractivity contribution in [1.29, 1.82) is 0 Å². The number of aryl methyl sites for hydroxylation is 1. The molecule has 4 rings (SSSR count). The van der Waals surface area contributed by atoms with E-state index in [2.05, 4.69) is 10.6 Å². The minimum atomic E-state index is -0.238. The molecular formula is C23H25N5O2. The Balaban J connectivity index is 1.59. The van der Waals surface area contributed by atoms with E-state index in [-0.39, 0.29) is 18.5 Å². The molecular weight excluding hydrogens is 378 g/mol. The van der Waals surface area contributed by atoms with Gasteiger partial charge in [0.1, 0.15) is 12.4 Å². The molecule has 0 bridgehead atoms. The average molecular weight is 403 g/mol. The molecule has 1 aromatic heterocycles. The summed E-state index contributed by atoms with van der Waals surface area (Å²) in [5, 5.41) is 10.5. The fourth-order valence-electron chi connectivity index (χ4n) is 3.57. The van der Waals surface area contributed by atoms with Gasteiger partial charge in [0.25, 0.3) is 0 Å². The number of rotatable bonds is 6. The third-order valence-electron chi connectivity index (χ3n) is 5.15. The summed E-state index contributed by atoms with van der Waals surface area (Å²) < 4.78 is 1.80. The fraction of sp³-hybridized carbons (Fsp3) is 0.261. The molecule has 0 unspecified atom stereocenters. The van der Waals surface area contributed by atoms with Crippen molar-refractivity contribution in [3.05, 3.63) is 71.8 Å². The van der Waals surface area contributed by atoms with Crippen molar-refractivity contribution in [3.8, 4) is 11.3 Å². The van der Waals surface area contributed by atoms with E-state index in [0.29, 0.717) is 25.5 Å². The van der Waals surface area contributed by atoms with Crippen LogP contribution in [0.2, 0.25) is 0 Å². The van der Waals surface area contributed by atoms with Gasteiger partial charge in [-0.25, -0.2) is 9.48 Å². The van der Waals surface area contributed by atoms with Crippen LogP contribution in [0.3, 0.4) is 0 Å². The number of aromatic nitrogens is 2. The number of hydrogen-bond acceptors (Lipinski definition) is 3. The van der Waals surface area contributed by atoms with Crippen molar-refractivity contribution in [2.24, 2.45) is 0 Å². The van der Waals surface area contributed by atoms with Gasteiger partial charge < -0.3 is 15.5 Å². The number of nitrogens with one attached hydrogen (secondary N) is 2. The smallest absolute Gasteiger partial charge is 0.317 e. The third kappa shape index (κ3) is 4.51. The van der Waals surface area contributed by atoms with Crippen LogP contribution >= 0.6 is 0 Å². The topological polar surface area (TPSA) is 79.3 Å². The number of carbonyl (C=O) groups excluding carboxylic acids is 2. The van der Waals surface area contributed by atoms with Crippen LogP contribution in [-0.2, 0) is 11.3 Å². The zero-order valence-electron chi connectivity index (χ0n) is 17.0. The molecule has 2 N–H and O–H groups in total. The molecule has 154 valence electrons. The SMILES string of the molecule is Cc1ccccc1-c1cc(NC(=O)CN2CCCNC2=O)n(Cc2ccccc2)n1. The molecule has 0 radical (unpaired) electrons. The van der Waals surface area contributed by atoms with Crippen LogP contribution in [0, 0.1) is 6.92 Å². The van der Waals surface area contributed by atoms with Crippen molar-refractivity contribution < 1.29 is 9.59 Å². The zero-order valence-corrected chi connectivity index (χ0v) is 17.0. The van der Waals surface area contributed by atoms with E-state index in [4.69, 9.17) is 5.10 Å². The van der Waals surface area contributed by atoms with Gasteiger partial charge in [0.05, 0.1) is 12.2 Å². The summed E-state index contributed by atoms with van der Waals surface area (Å²) in [5.74, 6) is 0.372. The first-order valence-corrected chi connectivity index (χ1v) is 10.1. The van der Waals surface area contributed by atoms with E-state index in [0.717, 1.165) is 28.8 Å². The minimum absolute atomic E-state index is 0.0159. The quantitative estimate of drug-likeness (QED) is 0.663. The van der Waals surface area contributed by atoms with Crippen LogP contribution in [-0.4, -0.2) is 46.3 Å². The molecule has 7 heteroatoms. The Kier molecular flexibility index (Phi) is 5.79. The molecule has 3 amide bonds. The Bertz CT molecular complexity index is 1040. The predicted molar refractivity (Wildman–Crippen MR) is 116 cm³/mol. The van der Waals surface area contributed by atoms with Gasteiger partial charge in [0.2, 0.25) is 5.91 Å². The molecule has 2 aromatic carbocycles. The molecule has 0 spiro atoms. The molecule has 2 heterocycles. The summed E-state index contributed by atoms with van der Waals surface area (Å²) in [7, 11) is 0. The van der Waals surface area contributed by atoms with Gasteiger partial charge in [-0.15, -0.1) is 0 Å². The Hall–Kier alpha value is -3.61. The molecule has 1 aliphatic heterocycles. The van der Waals surface area contributed by atoms with Gasteiger partial charge in [0.15, 0.2) is 0 Å². The predicted octanol–water partition coefficient (Wildman–Crippen LogP) is 3.26. The summed E-state index contributed by atoms with van der Waals surface area (Å²) in [4.78, 5) is 26.1. The molecule has 30 heavy (non-hydrogen) atoms. The number of carbonyl (C=O) groups is 2. The first-order chi connectivity index (χ1) is 14.6. The Morgan fingerprint density at radius 1 is 1.13 bits per heavy atom. The number of nitrogens with zero attached hydrogens (tertiary/aromatic N) is 3. The normalized spacial score (nSPS) is 13.8. The summed E-state index contributed by atoms with van der Waals surface area (Å²) in [6, 6.07) is 19.7. The number of hydrogen-bond donors (Lipinski definition) is 2. The highest BCUT2D eigenvalue weighted by Gasteiger charge is 2.21. The maximum Gasteiger partial charge on any atom is 0.317 e. The van der Waals surface area contributed by atoms with Crippen LogP contribution in [0.25, 0.3) is 11.3 Å². The maximum atomic E-state index is 12.7. The first-order valence-electron chi connectivity index (χ1n) is 10.1. The van der Waals surface area contributed by atoms with Crippen LogP contribution in [0.4, 0.5) is 10.6 Å². The monoisotopic (exact) mass is 403 g/mol. The molecule has 0 aliphatic carbocycles. The van der Waals surface area contributed by atoms with Gasteiger partial charge in [-0.2, -0.15) is 5.10 Å². The van der Waals surface area contributed by atoms with Gasteiger partial charge in [-0.05, 0) is 24.5 Å². The Morgan fingerprint density at radius 2 is 1.90 bits per heavy atom. The van der Waals surface area contributed by atoms with Gasteiger partial charge >= 0.3 is 6.03 Å². The highest BCUT2D eigenvalue weighted by atomic mass is 16.2. The van der Waals surface area contributed by atoms with Crippen molar-refractivity contribution in [2.45, 2.75) is 19.9 Å². The highest BCUT2D eigenvalue weighted by Crippen LogP contribution is 2.25. The van der Waals surface area contributed by atoms with E-state index in [1.165, 1.54) is 4.90 Å². The molecule has 1 saturated heterocycles. The Morgan fingerprint density at radius 3 is 2.67 bits per heavy atom. The number of amides is 3. The minimum Gasteiger partial charge on any atom is -0.338 e. The summed E-state index contributed by atoms with van der Waals surface area (Å²) >= 11 is 0. The van der Waals surface area contributed by atoms with E-state index < -0.39 is 0 Å². The lowest BCUT2D eigenvalue weighted by atomic mass is 10.1. The average Bonchev–Trinajstić information content (AvgIpc) is 3.12. The molecule has 1 aliphatic rings. The summed E-state index contributed by atoms with van der Waals surface area (Å²) in [6.45, 7) is 3.82. The second-order valence-corrected chi connectivity index (χ2v) is 7.43. The summed E-state index contributed by atoms with van der Waals surface area (Å²) in [6.07, 6.45) is 0.836. The molecule has 1 fully saturated rings. The number of urea groups is 1. The summed E-state index contributed by atoms with van der Waals surface area (Å²) in [5.41, 5.74) is 4.03. The van der Waals surface area contributed by atoms with Crippen LogP contribution in [0.15, 0.2) is 60.7 Å². The van der Waals surface area contributed by atoms with E-state index >= 15 is 0 Å². The van der Waals surface area contributed by atoms with Crippen LogP contribution < -0.4 is 10.6 Å². The van der Waals surface area contributed by atoms with Crippen molar-refractivity contribution in [1.82, 2.24) is 20.0 Å². The molecule has 3 aromatic rings. The van der Waals surface area contributed by atoms with Crippen LogP contribution in [0.1, 0.15) is 17.5 Å². The molecule has 0 atom stereocenters. The van der Waals surface area contributed by atoms with Crippen molar-refractivity contribution in [2.75, 3.05) is 25.0 Å². The number of anilines is 1. The standard InChI is InChI=1S/C23H25N5O2/c1-17-8-5-6-11-19(17)20-14-21(28(26-20)15-18-9-3-2-4-10-18)25-22(29)16-27-13-7-12-24-23(27)30/h2-6,8-11,14H,7,12-13,15-16H2,1H3,(H,24,30)(H,25,29). The highest BCUT2D eigenvalue weighted by molar-refractivity contribution is 5.94. The van der Waals surface area contributed by atoms with E-state index in [1.54, 1.807) is 4.68 Å². The van der Waals surface area contributed by atoms with Crippen LogP contribution in [0.5, 0.6) is 0 Å². The van der Waals surface area contributed by atoms with E-state index in [1.807, 2.05) is 67.6 Å². The van der Waals surface area contributed by atoms with Crippen molar-refractivity contribution >= 4 is 17.8 Å². The largest absolute Gasteiger partial charge is 0.338 e. The molecule has 7 nitrogen and oxygen atoms in total.